The third-order valence-electron chi connectivity index (χ3n) is 5.78. The lowest BCUT2D eigenvalue weighted by Gasteiger charge is -2.38. The standard InChI is InChI=1S/C24H27N3O2/c1-24(2)14-21(18-11-7-4-8-12-18)26-23-20(15-25-27(23)24)22(29)13-19(16-28)17-9-5-3-6-10-17/h3-12,15,19,21,26,28H,13-14,16H2,1-2H3/t19-,21?/m0/s1. The number of Topliss-reactive ketones (excluding diaryl/α,β-unsaturated/α-hetero) is 1. The number of aliphatic hydroxyl groups is 1. The summed E-state index contributed by atoms with van der Waals surface area (Å²) in [6, 6.07) is 20.1. The fourth-order valence-electron chi connectivity index (χ4n) is 4.19. The van der Waals surface area contributed by atoms with Crippen LogP contribution in [0, 0.1) is 0 Å². The molecule has 0 bridgehead atoms. The van der Waals surface area contributed by atoms with Gasteiger partial charge in [-0.15, -0.1) is 0 Å². The molecular weight excluding hydrogens is 362 g/mol. The van der Waals surface area contributed by atoms with Crippen LogP contribution < -0.4 is 5.32 Å². The lowest BCUT2D eigenvalue weighted by atomic mass is 9.88. The van der Waals surface area contributed by atoms with Crippen molar-refractivity contribution >= 4 is 11.6 Å². The number of aliphatic hydroxyl groups excluding tert-OH is 1. The van der Waals surface area contributed by atoms with E-state index in [1.807, 2.05) is 53.2 Å². The number of nitrogens with one attached hydrogen (secondary N) is 1. The number of nitrogens with zero attached hydrogens (tertiary/aromatic N) is 2. The Morgan fingerprint density at radius 1 is 1.17 bits per heavy atom. The maximum atomic E-state index is 13.2. The van der Waals surface area contributed by atoms with Crippen molar-refractivity contribution in [2.75, 3.05) is 11.9 Å². The predicted molar refractivity (Wildman–Crippen MR) is 114 cm³/mol. The van der Waals surface area contributed by atoms with Gasteiger partial charge in [-0.3, -0.25) is 4.79 Å². The van der Waals surface area contributed by atoms with Crippen molar-refractivity contribution in [2.45, 2.75) is 44.2 Å². The lowest BCUT2D eigenvalue weighted by molar-refractivity contribution is 0.0960. The van der Waals surface area contributed by atoms with Gasteiger partial charge in [-0.1, -0.05) is 60.7 Å². The topological polar surface area (TPSA) is 67.2 Å². The molecule has 0 radical (unpaired) electrons. The van der Waals surface area contributed by atoms with E-state index >= 15 is 0 Å². The normalized spacial score (nSPS) is 18.5. The molecule has 2 aromatic carbocycles. The average Bonchev–Trinajstić information content (AvgIpc) is 3.18. The van der Waals surface area contributed by atoms with Crippen LogP contribution in [0.15, 0.2) is 66.9 Å². The van der Waals surface area contributed by atoms with Gasteiger partial charge in [0, 0.05) is 12.3 Å². The third kappa shape index (κ3) is 3.83. The number of hydrogen-bond acceptors (Lipinski definition) is 4. The molecule has 0 amide bonds. The second-order valence-corrected chi connectivity index (χ2v) is 8.36. The van der Waals surface area contributed by atoms with Crippen molar-refractivity contribution in [3.8, 4) is 0 Å². The van der Waals surface area contributed by atoms with Gasteiger partial charge in [0.25, 0.3) is 0 Å². The van der Waals surface area contributed by atoms with Gasteiger partial charge < -0.3 is 10.4 Å². The molecule has 0 saturated heterocycles. The first-order chi connectivity index (χ1) is 14.0. The summed E-state index contributed by atoms with van der Waals surface area (Å²) in [5.41, 5.74) is 2.55. The van der Waals surface area contributed by atoms with Crippen LogP contribution in [-0.4, -0.2) is 27.3 Å². The van der Waals surface area contributed by atoms with Gasteiger partial charge in [-0.25, -0.2) is 4.68 Å². The quantitative estimate of drug-likeness (QED) is 0.608. The molecule has 0 fully saturated rings. The van der Waals surface area contributed by atoms with E-state index in [9.17, 15) is 9.90 Å². The Kier molecular flexibility index (Phi) is 5.24. The highest BCUT2D eigenvalue weighted by Crippen LogP contribution is 2.40. The van der Waals surface area contributed by atoms with E-state index in [1.165, 1.54) is 5.56 Å². The number of ketones is 1. The van der Waals surface area contributed by atoms with Gasteiger partial charge in [-0.05, 0) is 31.4 Å². The van der Waals surface area contributed by atoms with Crippen molar-refractivity contribution < 1.29 is 9.90 Å². The lowest BCUT2D eigenvalue weighted by Crippen LogP contribution is -2.38. The van der Waals surface area contributed by atoms with Crippen LogP contribution in [0.3, 0.4) is 0 Å². The Labute approximate surface area is 171 Å². The maximum absolute atomic E-state index is 13.2. The Morgan fingerprint density at radius 2 is 1.83 bits per heavy atom. The zero-order valence-corrected chi connectivity index (χ0v) is 16.9. The molecule has 5 heteroatoms. The van der Waals surface area contributed by atoms with E-state index in [4.69, 9.17) is 0 Å². The number of benzene rings is 2. The van der Waals surface area contributed by atoms with Crippen LogP contribution in [0.25, 0.3) is 0 Å². The maximum Gasteiger partial charge on any atom is 0.168 e. The first-order valence-electron chi connectivity index (χ1n) is 10.1. The van der Waals surface area contributed by atoms with Crippen molar-refractivity contribution in [3.05, 3.63) is 83.6 Å². The van der Waals surface area contributed by atoms with Gasteiger partial charge in [0.2, 0.25) is 0 Å². The number of anilines is 1. The summed E-state index contributed by atoms with van der Waals surface area (Å²) in [6.07, 6.45) is 2.79. The smallest absolute Gasteiger partial charge is 0.168 e. The second kappa shape index (κ2) is 7.84. The fraction of sp³-hybridized carbons (Fsp3) is 0.333. The van der Waals surface area contributed by atoms with Crippen LogP contribution in [-0.2, 0) is 5.54 Å². The van der Waals surface area contributed by atoms with E-state index in [0.717, 1.165) is 17.8 Å². The summed E-state index contributed by atoms with van der Waals surface area (Å²) < 4.78 is 1.93. The van der Waals surface area contributed by atoms with E-state index in [2.05, 4.69) is 36.4 Å². The van der Waals surface area contributed by atoms with Gasteiger partial charge in [0.15, 0.2) is 5.78 Å². The van der Waals surface area contributed by atoms with Crippen LogP contribution in [0.1, 0.15) is 60.1 Å². The first kappa shape index (κ1) is 19.4. The van der Waals surface area contributed by atoms with Gasteiger partial charge in [0.1, 0.15) is 5.82 Å². The molecule has 2 atom stereocenters. The molecule has 4 rings (SSSR count). The highest BCUT2D eigenvalue weighted by Gasteiger charge is 2.36. The predicted octanol–water partition coefficient (Wildman–Crippen LogP) is 4.52. The van der Waals surface area contributed by atoms with E-state index < -0.39 is 0 Å². The van der Waals surface area contributed by atoms with Crippen LogP contribution in [0.2, 0.25) is 0 Å². The highest BCUT2D eigenvalue weighted by atomic mass is 16.3. The van der Waals surface area contributed by atoms with E-state index in [0.29, 0.717) is 5.56 Å². The summed E-state index contributed by atoms with van der Waals surface area (Å²) in [5, 5.41) is 17.9. The second-order valence-electron chi connectivity index (χ2n) is 8.36. The van der Waals surface area contributed by atoms with Crippen LogP contribution in [0.5, 0.6) is 0 Å². The monoisotopic (exact) mass is 389 g/mol. The minimum absolute atomic E-state index is 0.00818. The molecular formula is C24H27N3O2. The minimum Gasteiger partial charge on any atom is -0.396 e. The summed E-state index contributed by atoms with van der Waals surface area (Å²) in [4.78, 5) is 13.2. The molecule has 2 N–H and O–H groups in total. The summed E-state index contributed by atoms with van der Waals surface area (Å²) in [7, 11) is 0. The summed E-state index contributed by atoms with van der Waals surface area (Å²) in [6.45, 7) is 4.23. The van der Waals surface area contributed by atoms with Crippen LogP contribution >= 0.6 is 0 Å². The molecule has 0 spiro atoms. The number of carbonyl (C=O) groups excluding carboxylic acids is 1. The number of fused-ring (bicyclic) bond motifs is 1. The molecule has 0 aliphatic carbocycles. The molecule has 29 heavy (non-hydrogen) atoms. The number of aromatic nitrogens is 2. The highest BCUT2D eigenvalue weighted by molar-refractivity contribution is 6.01. The number of rotatable bonds is 6. The van der Waals surface area contributed by atoms with Crippen molar-refractivity contribution in [1.82, 2.24) is 9.78 Å². The van der Waals surface area contributed by atoms with Crippen molar-refractivity contribution in [1.29, 1.82) is 0 Å². The Bertz CT molecular complexity index is 980. The summed E-state index contributed by atoms with van der Waals surface area (Å²) in [5.74, 6) is 0.539. The minimum atomic E-state index is -0.222. The van der Waals surface area contributed by atoms with E-state index in [-0.39, 0.29) is 36.3 Å². The fourth-order valence-corrected chi connectivity index (χ4v) is 4.19. The van der Waals surface area contributed by atoms with Gasteiger partial charge in [0.05, 0.1) is 29.9 Å². The SMILES string of the molecule is CC1(C)CC(c2ccccc2)Nc2c(C(=O)C[C@@H](CO)c3ccccc3)cnn21. The molecule has 1 aromatic heterocycles. The molecule has 2 heterocycles. The van der Waals surface area contributed by atoms with Gasteiger partial charge >= 0.3 is 0 Å². The average molecular weight is 389 g/mol. The molecule has 5 nitrogen and oxygen atoms in total. The van der Waals surface area contributed by atoms with E-state index in [1.54, 1.807) is 6.20 Å². The molecule has 3 aromatic rings. The molecule has 1 aliphatic heterocycles. The first-order valence-corrected chi connectivity index (χ1v) is 10.1. The Hall–Kier alpha value is -2.92. The van der Waals surface area contributed by atoms with Crippen molar-refractivity contribution in [2.24, 2.45) is 0 Å². The molecule has 1 unspecified atom stereocenters. The summed E-state index contributed by atoms with van der Waals surface area (Å²) >= 11 is 0. The molecule has 150 valence electrons. The largest absolute Gasteiger partial charge is 0.396 e. The zero-order valence-electron chi connectivity index (χ0n) is 16.9. The third-order valence-corrected chi connectivity index (χ3v) is 5.78. The Balaban J connectivity index is 1.62. The zero-order chi connectivity index (χ0) is 20.4. The van der Waals surface area contributed by atoms with Crippen LogP contribution in [0.4, 0.5) is 5.82 Å². The number of carbonyl (C=O) groups is 1. The Morgan fingerprint density at radius 3 is 2.48 bits per heavy atom. The van der Waals surface area contributed by atoms with Gasteiger partial charge in [-0.2, -0.15) is 5.10 Å². The molecule has 0 saturated carbocycles. The van der Waals surface area contributed by atoms with Crippen molar-refractivity contribution in [3.63, 3.8) is 0 Å². The number of hydrogen-bond donors (Lipinski definition) is 2. The molecule has 1 aliphatic rings.